The van der Waals surface area contributed by atoms with Gasteiger partial charge in [-0.2, -0.15) is 0 Å². The zero-order valence-corrected chi connectivity index (χ0v) is 11.3. The van der Waals surface area contributed by atoms with Gasteiger partial charge in [-0.1, -0.05) is 18.2 Å². The normalized spacial score (nSPS) is 11.1. The Balaban J connectivity index is 2.80. The molecule has 104 valence electrons. The molecule has 1 rings (SSSR count). The molecule has 5 heteroatoms. The molecule has 0 aliphatic carbocycles. The van der Waals surface area contributed by atoms with E-state index >= 15 is 0 Å². The second-order valence-corrected chi connectivity index (χ2v) is 5.20. The highest BCUT2D eigenvalue weighted by Crippen LogP contribution is 2.16. The van der Waals surface area contributed by atoms with E-state index in [2.05, 4.69) is 0 Å². The molecule has 0 aliphatic heterocycles. The number of nitrogens with two attached hydrogens (primary N) is 1. The smallest absolute Gasteiger partial charge is 0.323 e. The van der Waals surface area contributed by atoms with Gasteiger partial charge in [0.1, 0.15) is 6.54 Å². The molecule has 0 saturated carbocycles. The first kappa shape index (κ1) is 15.2. The Morgan fingerprint density at radius 1 is 1.26 bits per heavy atom. The molecule has 5 nitrogen and oxygen atoms in total. The van der Waals surface area contributed by atoms with Crippen LogP contribution in [0.15, 0.2) is 30.3 Å². The van der Waals surface area contributed by atoms with Crippen LogP contribution in [0.1, 0.15) is 26.7 Å². The van der Waals surface area contributed by atoms with Crippen LogP contribution >= 0.6 is 0 Å². The average molecular weight is 264 g/mol. The Morgan fingerprint density at radius 3 is 2.32 bits per heavy atom. The number of hydrogen-bond donors (Lipinski definition) is 2. The maximum atomic E-state index is 12.1. The van der Waals surface area contributed by atoms with E-state index < -0.39 is 11.5 Å². The summed E-state index contributed by atoms with van der Waals surface area (Å²) in [7, 11) is 0. The minimum Gasteiger partial charge on any atom is -0.480 e. The molecule has 0 unspecified atom stereocenters. The molecule has 0 spiro atoms. The third kappa shape index (κ3) is 5.52. The average Bonchev–Trinajstić information content (AvgIpc) is 2.33. The Kier molecular flexibility index (Phi) is 5.06. The van der Waals surface area contributed by atoms with Crippen LogP contribution in [0, 0.1) is 0 Å². The SMILES string of the molecule is CC(C)(N)CCC(=O)N(CC(=O)O)c1ccccc1. The molecule has 0 fully saturated rings. The van der Waals surface area contributed by atoms with Crippen LogP contribution in [-0.2, 0) is 9.59 Å². The van der Waals surface area contributed by atoms with Crippen LogP contribution in [0.25, 0.3) is 0 Å². The largest absolute Gasteiger partial charge is 0.480 e. The zero-order chi connectivity index (χ0) is 14.5. The number of hydrogen-bond acceptors (Lipinski definition) is 3. The van der Waals surface area contributed by atoms with Gasteiger partial charge in [-0.25, -0.2) is 0 Å². The molecular formula is C14H20N2O3. The summed E-state index contributed by atoms with van der Waals surface area (Å²) in [5, 5.41) is 8.90. The van der Waals surface area contributed by atoms with Gasteiger partial charge in [-0.3, -0.25) is 9.59 Å². The van der Waals surface area contributed by atoms with E-state index in [0.29, 0.717) is 12.1 Å². The molecule has 3 N–H and O–H groups in total. The number of amides is 1. The number of para-hydroxylation sites is 1. The fourth-order valence-electron chi connectivity index (χ4n) is 1.63. The summed E-state index contributed by atoms with van der Waals surface area (Å²) in [6, 6.07) is 8.79. The summed E-state index contributed by atoms with van der Waals surface area (Å²) in [4.78, 5) is 24.3. The maximum absolute atomic E-state index is 12.1. The second kappa shape index (κ2) is 6.33. The summed E-state index contributed by atoms with van der Waals surface area (Å²) in [6.45, 7) is 3.34. The van der Waals surface area contributed by atoms with E-state index in [9.17, 15) is 9.59 Å². The van der Waals surface area contributed by atoms with Gasteiger partial charge in [0, 0.05) is 17.6 Å². The molecule has 0 aromatic heterocycles. The van der Waals surface area contributed by atoms with Gasteiger partial charge in [0.15, 0.2) is 0 Å². The van der Waals surface area contributed by atoms with E-state index in [1.165, 1.54) is 4.90 Å². The minimum atomic E-state index is -1.04. The summed E-state index contributed by atoms with van der Waals surface area (Å²) in [5.74, 6) is -1.27. The van der Waals surface area contributed by atoms with Gasteiger partial charge in [0.05, 0.1) is 0 Å². The molecule has 0 aliphatic rings. The number of rotatable bonds is 6. The predicted molar refractivity (Wildman–Crippen MR) is 73.9 cm³/mol. The van der Waals surface area contributed by atoms with E-state index in [1.54, 1.807) is 24.3 Å². The van der Waals surface area contributed by atoms with Crippen molar-refractivity contribution in [3.05, 3.63) is 30.3 Å². The van der Waals surface area contributed by atoms with E-state index in [0.717, 1.165) is 0 Å². The molecule has 0 radical (unpaired) electrons. The molecule has 1 amide bonds. The number of carboxylic acids is 1. The van der Waals surface area contributed by atoms with Crippen molar-refractivity contribution in [2.75, 3.05) is 11.4 Å². The Bertz CT molecular complexity index is 438. The lowest BCUT2D eigenvalue weighted by molar-refractivity contribution is -0.136. The van der Waals surface area contributed by atoms with Crippen LogP contribution in [-0.4, -0.2) is 29.1 Å². The van der Waals surface area contributed by atoms with Gasteiger partial charge in [0.25, 0.3) is 0 Å². The standard InChI is InChI=1S/C14H20N2O3/c1-14(2,15)9-8-12(17)16(10-13(18)19)11-6-4-3-5-7-11/h3-7H,8-10,15H2,1-2H3,(H,18,19). The monoisotopic (exact) mass is 264 g/mol. The third-order valence-electron chi connectivity index (χ3n) is 2.65. The van der Waals surface area contributed by atoms with Crippen molar-refractivity contribution in [3.8, 4) is 0 Å². The van der Waals surface area contributed by atoms with E-state index in [4.69, 9.17) is 10.8 Å². The van der Waals surface area contributed by atoms with Crippen molar-refractivity contribution in [3.63, 3.8) is 0 Å². The van der Waals surface area contributed by atoms with Crippen molar-refractivity contribution >= 4 is 17.6 Å². The minimum absolute atomic E-state index is 0.228. The van der Waals surface area contributed by atoms with Gasteiger partial charge in [0.2, 0.25) is 5.91 Å². The number of carboxylic acid groups (broad SMARTS) is 1. The van der Waals surface area contributed by atoms with Crippen molar-refractivity contribution < 1.29 is 14.7 Å². The highest BCUT2D eigenvalue weighted by atomic mass is 16.4. The lowest BCUT2D eigenvalue weighted by atomic mass is 9.99. The molecule has 0 bridgehead atoms. The maximum Gasteiger partial charge on any atom is 0.323 e. The number of aliphatic carboxylic acids is 1. The van der Waals surface area contributed by atoms with E-state index in [-0.39, 0.29) is 18.9 Å². The number of carbonyl (C=O) groups is 2. The van der Waals surface area contributed by atoms with Crippen molar-refractivity contribution in [2.24, 2.45) is 5.73 Å². The van der Waals surface area contributed by atoms with Crippen molar-refractivity contribution in [1.82, 2.24) is 0 Å². The second-order valence-electron chi connectivity index (χ2n) is 5.20. The molecule has 0 atom stereocenters. The molecule has 0 heterocycles. The Hall–Kier alpha value is -1.88. The van der Waals surface area contributed by atoms with Crippen molar-refractivity contribution in [1.29, 1.82) is 0 Å². The van der Waals surface area contributed by atoms with Crippen LogP contribution < -0.4 is 10.6 Å². The molecule has 0 saturated heterocycles. The molecule has 1 aromatic rings. The highest BCUT2D eigenvalue weighted by Gasteiger charge is 2.21. The molecule has 1 aromatic carbocycles. The first-order valence-corrected chi connectivity index (χ1v) is 6.16. The van der Waals surface area contributed by atoms with Gasteiger partial charge in [-0.15, -0.1) is 0 Å². The van der Waals surface area contributed by atoms with E-state index in [1.807, 2.05) is 19.9 Å². The third-order valence-corrected chi connectivity index (χ3v) is 2.65. The lowest BCUT2D eigenvalue weighted by Gasteiger charge is -2.23. The van der Waals surface area contributed by atoms with Crippen LogP contribution in [0.5, 0.6) is 0 Å². The fraction of sp³-hybridized carbons (Fsp3) is 0.429. The first-order valence-electron chi connectivity index (χ1n) is 6.16. The topological polar surface area (TPSA) is 83.6 Å². The van der Waals surface area contributed by atoms with Crippen LogP contribution in [0.2, 0.25) is 0 Å². The summed E-state index contributed by atoms with van der Waals surface area (Å²) >= 11 is 0. The summed E-state index contributed by atoms with van der Waals surface area (Å²) in [5.41, 5.74) is 5.98. The number of carbonyl (C=O) groups excluding carboxylic acids is 1. The van der Waals surface area contributed by atoms with Crippen LogP contribution in [0.4, 0.5) is 5.69 Å². The molecule has 19 heavy (non-hydrogen) atoms. The number of anilines is 1. The fourth-order valence-corrected chi connectivity index (χ4v) is 1.63. The molecular weight excluding hydrogens is 244 g/mol. The van der Waals surface area contributed by atoms with Gasteiger partial charge in [-0.05, 0) is 32.4 Å². The Labute approximate surface area is 113 Å². The summed E-state index contributed by atoms with van der Waals surface area (Å²) in [6.07, 6.45) is 0.737. The summed E-state index contributed by atoms with van der Waals surface area (Å²) < 4.78 is 0. The number of benzene rings is 1. The first-order chi connectivity index (χ1) is 8.79. The quantitative estimate of drug-likeness (QED) is 0.817. The predicted octanol–water partition coefficient (Wildman–Crippen LogP) is 1.62. The lowest BCUT2D eigenvalue weighted by Crippen LogP contribution is -2.38. The Morgan fingerprint density at radius 2 is 1.84 bits per heavy atom. The van der Waals surface area contributed by atoms with Crippen LogP contribution in [0.3, 0.4) is 0 Å². The highest BCUT2D eigenvalue weighted by molar-refractivity contribution is 5.97. The zero-order valence-electron chi connectivity index (χ0n) is 11.3. The van der Waals surface area contributed by atoms with Gasteiger partial charge < -0.3 is 15.7 Å². The number of nitrogens with zero attached hydrogens (tertiary/aromatic N) is 1. The van der Waals surface area contributed by atoms with Gasteiger partial charge >= 0.3 is 5.97 Å². The van der Waals surface area contributed by atoms with Crippen molar-refractivity contribution in [2.45, 2.75) is 32.2 Å².